The molecule has 0 radical (unpaired) electrons. The molecule has 1 unspecified atom stereocenters. The van der Waals surface area contributed by atoms with Crippen LogP contribution in [0.4, 0.5) is 10.1 Å². The van der Waals surface area contributed by atoms with Crippen LogP contribution in [-0.2, 0) is 6.42 Å². The highest BCUT2D eigenvalue weighted by Crippen LogP contribution is 2.28. The average molecular weight is 285 g/mol. The van der Waals surface area contributed by atoms with Crippen LogP contribution >= 0.6 is 0 Å². The van der Waals surface area contributed by atoms with Crippen molar-refractivity contribution >= 4 is 5.69 Å². The predicted octanol–water partition coefficient (Wildman–Crippen LogP) is 3.70. The third kappa shape index (κ3) is 3.24. The molecule has 0 aromatic heterocycles. The number of fused-ring (bicyclic) bond motifs is 1. The minimum Gasteiger partial charge on any atom is -0.388 e. The van der Waals surface area contributed by atoms with E-state index < -0.39 is 6.10 Å². The van der Waals surface area contributed by atoms with Gasteiger partial charge in [0, 0.05) is 18.8 Å². The molecule has 3 heteroatoms. The lowest BCUT2D eigenvalue weighted by atomic mass is 10.0. The summed E-state index contributed by atoms with van der Waals surface area (Å²) in [6.07, 6.45) is 2.40. The van der Waals surface area contributed by atoms with E-state index >= 15 is 0 Å². The van der Waals surface area contributed by atoms with Gasteiger partial charge in [-0.05, 0) is 48.6 Å². The van der Waals surface area contributed by atoms with E-state index in [2.05, 4.69) is 29.2 Å². The Hall–Kier alpha value is -1.87. The summed E-state index contributed by atoms with van der Waals surface area (Å²) in [6, 6.07) is 14.6. The van der Waals surface area contributed by atoms with Gasteiger partial charge < -0.3 is 10.0 Å². The molecule has 2 nitrogen and oxygen atoms in total. The van der Waals surface area contributed by atoms with Gasteiger partial charge in [-0.3, -0.25) is 0 Å². The van der Waals surface area contributed by atoms with E-state index in [1.54, 1.807) is 12.1 Å². The average Bonchev–Trinajstić information content (AvgIpc) is 2.53. The predicted molar refractivity (Wildman–Crippen MR) is 83.0 cm³/mol. The second-order valence-electron chi connectivity index (χ2n) is 5.58. The quantitative estimate of drug-likeness (QED) is 0.926. The van der Waals surface area contributed by atoms with Gasteiger partial charge in [0.25, 0.3) is 0 Å². The first kappa shape index (κ1) is 14.1. The molecule has 1 heterocycles. The van der Waals surface area contributed by atoms with Gasteiger partial charge in [-0.25, -0.2) is 4.39 Å². The lowest BCUT2D eigenvalue weighted by Gasteiger charge is -2.32. The molecule has 0 spiro atoms. The first-order chi connectivity index (χ1) is 10.2. The first-order valence-corrected chi connectivity index (χ1v) is 7.50. The molecule has 0 saturated heterocycles. The molecule has 2 aromatic carbocycles. The molecule has 0 fully saturated rings. The van der Waals surface area contributed by atoms with Crippen molar-refractivity contribution in [1.82, 2.24) is 0 Å². The van der Waals surface area contributed by atoms with Gasteiger partial charge >= 0.3 is 0 Å². The standard InChI is InChI=1S/C18H20FNO/c19-16-9-7-15(8-10-16)18(21)11-13-20-12-3-5-14-4-1-2-6-17(14)20/h1-2,4,6-10,18,21H,3,5,11-13H2. The summed E-state index contributed by atoms with van der Waals surface area (Å²) in [5.74, 6) is -0.268. The first-order valence-electron chi connectivity index (χ1n) is 7.50. The number of rotatable bonds is 4. The minimum atomic E-state index is -0.542. The number of halogens is 1. The van der Waals surface area contributed by atoms with E-state index in [0.717, 1.165) is 31.5 Å². The molecule has 110 valence electrons. The van der Waals surface area contributed by atoms with Crippen LogP contribution in [0.2, 0.25) is 0 Å². The SMILES string of the molecule is OC(CCN1CCCc2ccccc21)c1ccc(F)cc1. The Kier molecular flexibility index (Phi) is 4.20. The number of anilines is 1. The summed E-state index contributed by atoms with van der Waals surface area (Å²) in [4.78, 5) is 2.34. The summed E-state index contributed by atoms with van der Waals surface area (Å²) >= 11 is 0. The van der Waals surface area contributed by atoms with Crippen molar-refractivity contribution in [3.05, 3.63) is 65.5 Å². The molecule has 0 amide bonds. The number of hydrogen-bond acceptors (Lipinski definition) is 2. The molecular weight excluding hydrogens is 265 g/mol. The molecule has 1 aliphatic heterocycles. The lowest BCUT2D eigenvalue weighted by molar-refractivity contribution is 0.169. The van der Waals surface area contributed by atoms with E-state index in [1.807, 2.05) is 0 Å². The van der Waals surface area contributed by atoms with Gasteiger partial charge in [0.2, 0.25) is 0 Å². The summed E-state index contributed by atoms with van der Waals surface area (Å²) in [6.45, 7) is 1.85. The summed E-state index contributed by atoms with van der Waals surface area (Å²) in [5, 5.41) is 10.2. The van der Waals surface area contributed by atoms with Crippen LogP contribution in [0.15, 0.2) is 48.5 Å². The Morgan fingerprint density at radius 2 is 1.86 bits per heavy atom. The second-order valence-corrected chi connectivity index (χ2v) is 5.58. The van der Waals surface area contributed by atoms with Crippen LogP contribution in [0.3, 0.4) is 0 Å². The van der Waals surface area contributed by atoms with Gasteiger partial charge in [-0.1, -0.05) is 30.3 Å². The number of aliphatic hydroxyl groups is 1. The summed E-state index contributed by atoms with van der Waals surface area (Å²) in [7, 11) is 0. The fourth-order valence-electron chi connectivity index (χ4n) is 2.97. The van der Waals surface area contributed by atoms with Crippen LogP contribution in [-0.4, -0.2) is 18.2 Å². The molecule has 1 atom stereocenters. The Bertz CT molecular complexity index is 596. The molecule has 1 N–H and O–H groups in total. The third-order valence-corrected chi connectivity index (χ3v) is 4.13. The minimum absolute atomic E-state index is 0.268. The number of para-hydroxylation sites is 1. The molecule has 1 aliphatic rings. The molecular formula is C18H20FNO. The zero-order valence-corrected chi connectivity index (χ0v) is 12.0. The third-order valence-electron chi connectivity index (χ3n) is 4.13. The van der Waals surface area contributed by atoms with Crippen LogP contribution in [0.1, 0.15) is 30.1 Å². The maximum Gasteiger partial charge on any atom is 0.123 e. The van der Waals surface area contributed by atoms with Gasteiger partial charge in [-0.15, -0.1) is 0 Å². The fourth-order valence-corrected chi connectivity index (χ4v) is 2.97. The van der Waals surface area contributed by atoms with E-state index in [4.69, 9.17) is 0 Å². The molecule has 0 saturated carbocycles. The van der Waals surface area contributed by atoms with Crippen molar-refractivity contribution in [3.63, 3.8) is 0 Å². The fraction of sp³-hybridized carbons (Fsp3) is 0.333. The monoisotopic (exact) mass is 285 g/mol. The van der Waals surface area contributed by atoms with Gasteiger partial charge in [-0.2, -0.15) is 0 Å². The van der Waals surface area contributed by atoms with Crippen molar-refractivity contribution < 1.29 is 9.50 Å². The molecule has 3 rings (SSSR count). The Balaban J connectivity index is 1.64. The number of aliphatic hydroxyl groups excluding tert-OH is 1. The topological polar surface area (TPSA) is 23.5 Å². The number of aryl methyl sites for hydroxylation is 1. The number of benzene rings is 2. The van der Waals surface area contributed by atoms with Gasteiger partial charge in [0.15, 0.2) is 0 Å². The maximum atomic E-state index is 12.9. The van der Waals surface area contributed by atoms with Crippen LogP contribution in [0, 0.1) is 5.82 Å². The highest BCUT2D eigenvalue weighted by Gasteiger charge is 2.17. The number of nitrogens with zero attached hydrogens (tertiary/aromatic N) is 1. The Labute approximate surface area is 124 Å². The van der Waals surface area contributed by atoms with Crippen molar-refractivity contribution in [3.8, 4) is 0 Å². The lowest BCUT2D eigenvalue weighted by Crippen LogP contribution is -2.31. The Morgan fingerprint density at radius 1 is 1.10 bits per heavy atom. The van der Waals surface area contributed by atoms with E-state index in [0.29, 0.717) is 6.42 Å². The zero-order valence-electron chi connectivity index (χ0n) is 12.0. The molecule has 21 heavy (non-hydrogen) atoms. The molecule has 0 aliphatic carbocycles. The van der Waals surface area contributed by atoms with E-state index in [-0.39, 0.29) is 5.82 Å². The Morgan fingerprint density at radius 3 is 2.67 bits per heavy atom. The van der Waals surface area contributed by atoms with Gasteiger partial charge in [0.1, 0.15) is 5.82 Å². The van der Waals surface area contributed by atoms with E-state index in [9.17, 15) is 9.50 Å². The normalized spacial score (nSPS) is 15.6. The summed E-state index contributed by atoms with van der Waals surface area (Å²) in [5.41, 5.74) is 3.46. The summed E-state index contributed by atoms with van der Waals surface area (Å²) < 4.78 is 12.9. The second kappa shape index (κ2) is 6.27. The van der Waals surface area contributed by atoms with Crippen molar-refractivity contribution in [1.29, 1.82) is 0 Å². The van der Waals surface area contributed by atoms with Crippen LogP contribution in [0.25, 0.3) is 0 Å². The highest BCUT2D eigenvalue weighted by molar-refractivity contribution is 5.55. The van der Waals surface area contributed by atoms with Crippen LogP contribution < -0.4 is 4.90 Å². The van der Waals surface area contributed by atoms with Crippen molar-refractivity contribution in [2.24, 2.45) is 0 Å². The maximum absolute atomic E-state index is 12.9. The van der Waals surface area contributed by atoms with Gasteiger partial charge in [0.05, 0.1) is 6.10 Å². The van der Waals surface area contributed by atoms with Crippen molar-refractivity contribution in [2.75, 3.05) is 18.0 Å². The van der Waals surface area contributed by atoms with E-state index in [1.165, 1.54) is 23.4 Å². The van der Waals surface area contributed by atoms with Crippen molar-refractivity contribution in [2.45, 2.75) is 25.4 Å². The van der Waals surface area contributed by atoms with Crippen LogP contribution in [0.5, 0.6) is 0 Å². The molecule has 2 aromatic rings. The smallest absolute Gasteiger partial charge is 0.123 e. The largest absolute Gasteiger partial charge is 0.388 e. The number of hydrogen-bond donors (Lipinski definition) is 1. The zero-order chi connectivity index (χ0) is 14.7. The highest BCUT2D eigenvalue weighted by atomic mass is 19.1. The molecule has 0 bridgehead atoms.